The lowest BCUT2D eigenvalue weighted by atomic mass is 10.0. The molecule has 1 atom stereocenters. The highest BCUT2D eigenvalue weighted by molar-refractivity contribution is 14.0. The molecule has 3 N–H and O–H groups in total. The summed E-state index contributed by atoms with van der Waals surface area (Å²) < 4.78 is 45.0. The minimum absolute atomic E-state index is 0. The summed E-state index contributed by atoms with van der Waals surface area (Å²) in [6.45, 7) is 2.60. The van der Waals surface area contributed by atoms with Gasteiger partial charge in [0.15, 0.2) is 5.96 Å². The minimum Gasteiger partial charge on any atom is -0.497 e. The van der Waals surface area contributed by atoms with Crippen molar-refractivity contribution in [3.63, 3.8) is 0 Å². The molecule has 0 fully saturated rings. The second kappa shape index (κ2) is 12.6. The first-order chi connectivity index (χ1) is 13.9. The molecule has 9 heteroatoms. The van der Waals surface area contributed by atoms with Crippen molar-refractivity contribution in [2.75, 3.05) is 26.8 Å². The van der Waals surface area contributed by atoms with Crippen molar-refractivity contribution in [3.8, 4) is 5.75 Å². The molecule has 0 saturated heterocycles. The molecular formula is C21H27F3IN3O2. The Labute approximate surface area is 191 Å². The smallest absolute Gasteiger partial charge is 0.416 e. The Morgan fingerprint density at radius 3 is 2.40 bits per heavy atom. The fourth-order valence-electron chi connectivity index (χ4n) is 2.82. The summed E-state index contributed by atoms with van der Waals surface area (Å²) in [4.78, 5) is 4.29. The van der Waals surface area contributed by atoms with Crippen LogP contribution in [0.25, 0.3) is 0 Å². The van der Waals surface area contributed by atoms with Gasteiger partial charge < -0.3 is 20.5 Å². The van der Waals surface area contributed by atoms with Crippen LogP contribution in [0.4, 0.5) is 13.2 Å². The third kappa shape index (κ3) is 7.67. The molecule has 0 bridgehead atoms. The summed E-state index contributed by atoms with van der Waals surface area (Å²) in [5.41, 5.74) is 0.249. The van der Waals surface area contributed by atoms with E-state index in [1.54, 1.807) is 0 Å². The van der Waals surface area contributed by atoms with Crippen molar-refractivity contribution in [1.82, 2.24) is 10.6 Å². The van der Waals surface area contributed by atoms with Crippen LogP contribution in [0.2, 0.25) is 0 Å². The van der Waals surface area contributed by atoms with Gasteiger partial charge in [0.25, 0.3) is 0 Å². The molecule has 0 spiro atoms. The average Bonchev–Trinajstić information content (AvgIpc) is 2.72. The predicted octanol–water partition coefficient (Wildman–Crippen LogP) is 4.16. The molecule has 1 unspecified atom stereocenters. The number of hydrogen-bond donors (Lipinski definition) is 3. The Hall–Kier alpha value is -2.01. The average molecular weight is 537 g/mol. The van der Waals surface area contributed by atoms with Crippen LogP contribution in [0.15, 0.2) is 53.5 Å². The third-order valence-electron chi connectivity index (χ3n) is 4.38. The van der Waals surface area contributed by atoms with Crippen LogP contribution in [0.5, 0.6) is 5.75 Å². The zero-order chi connectivity index (χ0) is 21.3. The molecule has 0 aliphatic carbocycles. The van der Waals surface area contributed by atoms with E-state index in [0.717, 1.165) is 11.6 Å². The highest BCUT2D eigenvalue weighted by atomic mass is 127. The van der Waals surface area contributed by atoms with Gasteiger partial charge in [-0.15, -0.1) is 24.0 Å². The van der Waals surface area contributed by atoms with Gasteiger partial charge in [-0.2, -0.15) is 13.2 Å². The molecule has 2 aromatic rings. The molecule has 0 radical (unpaired) electrons. The van der Waals surface area contributed by atoms with E-state index in [-0.39, 0.29) is 54.4 Å². The number of guanidine groups is 1. The first-order valence-corrected chi connectivity index (χ1v) is 9.31. The number of alkyl halides is 3. The molecule has 2 aromatic carbocycles. The first-order valence-electron chi connectivity index (χ1n) is 9.31. The molecule has 2 rings (SSSR count). The molecule has 0 aliphatic rings. The molecule has 166 valence electrons. The molecule has 30 heavy (non-hydrogen) atoms. The van der Waals surface area contributed by atoms with Gasteiger partial charge in [0.05, 0.1) is 25.8 Å². The third-order valence-corrected chi connectivity index (χ3v) is 4.38. The normalized spacial score (nSPS) is 12.7. The molecular weight excluding hydrogens is 510 g/mol. The largest absolute Gasteiger partial charge is 0.497 e. The summed E-state index contributed by atoms with van der Waals surface area (Å²) in [6, 6.07) is 13.3. The quantitative estimate of drug-likeness (QED) is 0.269. The summed E-state index contributed by atoms with van der Waals surface area (Å²) in [6.07, 6.45) is -4.50. The summed E-state index contributed by atoms with van der Waals surface area (Å²) in [7, 11) is 1.32. The van der Waals surface area contributed by atoms with Crippen LogP contribution >= 0.6 is 24.0 Å². The summed E-state index contributed by atoms with van der Waals surface area (Å²) in [5.74, 6) is 0.362. The SMILES string of the molecule is CCNC(=NCc1ccc(OC)cc1C(F)(F)F)NCC(CO)c1ccccc1.I. The Morgan fingerprint density at radius 2 is 1.83 bits per heavy atom. The molecule has 0 aromatic heterocycles. The van der Waals surface area contributed by atoms with Gasteiger partial charge in [0.1, 0.15) is 5.75 Å². The van der Waals surface area contributed by atoms with E-state index < -0.39 is 11.7 Å². The van der Waals surface area contributed by atoms with Crippen molar-refractivity contribution in [1.29, 1.82) is 0 Å². The van der Waals surface area contributed by atoms with Gasteiger partial charge in [-0.1, -0.05) is 36.4 Å². The highest BCUT2D eigenvalue weighted by Crippen LogP contribution is 2.34. The number of halogens is 4. The molecule has 0 heterocycles. The van der Waals surface area contributed by atoms with Gasteiger partial charge in [-0.25, -0.2) is 4.99 Å². The van der Waals surface area contributed by atoms with E-state index in [2.05, 4.69) is 15.6 Å². The Bertz CT molecular complexity index is 802. The first kappa shape index (κ1) is 26.0. The Kier molecular flexibility index (Phi) is 11.0. The molecule has 0 amide bonds. The maximum Gasteiger partial charge on any atom is 0.416 e. The van der Waals surface area contributed by atoms with Crippen LogP contribution < -0.4 is 15.4 Å². The highest BCUT2D eigenvalue weighted by Gasteiger charge is 2.33. The standard InChI is InChI=1S/C21H26F3N3O2.HI/c1-3-25-20(27-13-17(14-28)15-7-5-4-6-8-15)26-12-16-9-10-18(29-2)11-19(16)21(22,23)24;/h4-11,17,28H,3,12-14H2,1-2H3,(H2,25,26,27);1H. The zero-order valence-corrected chi connectivity index (χ0v) is 19.2. The summed E-state index contributed by atoms with van der Waals surface area (Å²) in [5, 5.41) is 15.8. The lowest BCUT2D eigenvalue weighted by molar-refractivity contribution is -0.138. The lowest BCUT2D eigenvalue weighted by Crippen LogP contribution is -2.40. The fourth-order valence-corrected chi connectivity index (χ4v) is 2.82. The number of nitrogens with zero attached hydrogens (tertiary/aromatic N) is 1. The maximum atomic E-state index is 13.4. The van der Waals surface area contributed by atoms with Crippen LogP contribution in [0.3, 0.4) is 0 Å². The molecule has 0 aliphatic heterocycles. The monoisotopic (exact) mass is 537 g/mol. The number of aliphatic hydroxyl groups excluding tert-OH is 1. The van der Waals surface area contributed by atoms with E-state index in [9.17, 15) is 18.3 Å². The number of ether oxygens (including phenoxy) is 1. The van der Waals surface area contributed by atoms with Crippen molar-refractivity contribution < 1.29 is 23.0 Å². The van der Waals surface area contributed by atoms with Crippen molar-refractivity contribution in [2.45, 2.75) is 25.6 Å². The number of aliphatic hydroxyl groups is 1. The number of benzene rings is 2. The maximum absolute atomic E-state index is 13.4. The number of aliphatic imine (C=N–C) groups is 1. The Balaban J connectivity index is 0.00000450. The van der Waals surface area contributed by atoms with Crippen molar-refractivity contribution >= 4 is 29.9 Å². The fraction of sp³-hybridized carbons (Fsp3) is 0.381. The second-order valence-corrected chi connectivity index (χ2v) is 6.39. The summed E-state index contributed by atoms with van der Waals surface area (Å²) >= 11 is 0. The van der Waals surface area contributed by atoms with Gasteiger partial charge in [0, 0.05) is 19.0 Å². The lowest BCUT2D eigenvalue weighted by Gasteiger charge is -2.18. The number of nitrogens with one attached hydrogen (secondary N) is 2. The van der Waals surface area contributed by atoms with Crippen molar-refractivity contribution in [2.24, 2.45) is 4.99 Å². The van der Waals surface area contributed by atoms with Gasteiger partial charge >= 0.3 is 6.18 Å². The second-order valence-electron chi connectivity index (χ2n) is 6.39. The Morgan fingerprint density at radius 1 is 1.13 bits per heavy atom. The number of methoxy groups -OCH3 is 1. The van der Waals surface area contributed by atoms with Gasteiger partial charge in [-0.05, 0) is 30.2 Å². The van der Waals surface area contributed by atoms with E-state index in [4.69, 9.17) is 4.74 Å². The van der Waals surface area contributed by atoms with E-state index in [1.165, 1.54) is 19.2 Å². The molecule has 5 nitrogen and oxygen atoms in total. The predicted molar refractivity (Wildman–Crippen MR) is 122 cm³/mol. The number of rotatable bonds is 8. The van der Waals surface area contributed by atoms with Crippen molar-refractivity contribution in [3.05, 3.63) is 65.2 Å². The van der Waals surface area contributed by atoms with Crippen LogP contribution in [-0.2, 0) is 12.7 Å². The topological polar surface area (TPSA) is 65.9 Å². The van der Waals surface area contributed by atoms with Gasteiger partial charge in [0.2, 0.25) is 0 Å². The molecule has 0 saturated carbocycles. The van der Waals surface area contributed by atoms with Crippen LogP contribution in [-0.4, -0.2) is 37.9 Å². The van der Waals surface area contributed by atoms with Gasteiger partial charge in [-0.3, -0.25) is 0 Å². The van der Waals surface area contributed by atoms with E-state index in [0.29, 0.717) is 19.0 Å². The minimum atomic E-state index is -4.50. The van der Waals surface area contributed by atoms with E-state index in [1.807, 2.05) is 37.3 Å². The zero-order valence-electron chi connectivity index (χ0n) is 16.9. The number of hydrogen-bond acceptors (Lipinski definition) is 3. The van der Waals surface area contributed by atoms with Crippen LogP contribution in [0, 0.1) is 0 Å². The van der Waals surface area contributed by atoms with Crippen LogP contribution in [0.1, 0.15) is 29.5 Å². The van der Waals surface area contributed by atoms with E-state index >= 15 is 0 Å².